The van der Waals surface area contributed by atoms with E-state index in [2.05, 4.69) is 15.1 Å². The zero-order chi connectivity index (χ0) is 20.8. The van der Waals surface area contributed by atoms with Crippen LogP contribution in [0.1, 0.15) is 45.1 Å². The number of rotatable bonds is 8. The highest BCUT2D eigenvalue weighted by molar-refractivity contribution is 8.14. The van der Waals surface area contributed by atoms with Crippen LogP contribution in [-0.2, 0) is 24.5 Å². The standard InChI is InChI=1S/C18H26N4O4S2/c1-4-5-11-16(24)20-17-21-22(14(2)23)18(27-17,12-13-19-28(3,25)26)15-9-7-6-8-10-15/h6-10,19H,4-5,11-13H2,1-3H3,(H,20,21,24). The molecule has 0 fully saturated rings. The van der Waals surface area contributed by atoms with Gasteiger partial charge < -0.3 is 5.32 Å². The topological polar surface area (TPSA) is 108 Å². The van der Waals surface area contributed by atoms with Gasteiger partial charge in [-0.2, -0.15) is 0 Å². The Morgan fingerprint density at radius 2 is 1.93 bits per heavy atom. The summed E-state index contributed by atoms with van der Waals surface area (Å²) < 4.78 is 25.4. The molecule has 0 bridgehead atoms. The van der Waals surface area contributed by atoms with Gasteiger partial charge >= 0.3 is 0 Å². The Morgan fingerprint density at radius 1 is 1.25 bits per heavy atom. The van der Waals surface area contributed by atoms with Crippen molar-refractivity contribution in [2.24, 2.45) is 5.10 Å². The van der Waals surface area contributed by atoms with Crippen LogP contribution in [0, 0.1) is 0 Å². The number of benzene rings is 1. The minimum Gasteiger partial charge on any atom is -0.304 e. The molecule has 1 heterocycles. The van der Waals surface area contributed by atoms with Crippen molar-refractivity contribution in [2.75, 3.05) is 12.8 Å². The van der Waals surface area contributed by atoms with E-state index in [9.17, 15) is 18.0 Å². The molecule has 1 atom stereocenters. The maximum atomic E-state index is 12.4. The maximum Gasteiger partial charge on any atom is 0.241 e. The molecule has 28 heavy (non-hydrogen) atoms. The number of hydrogen-bond donors (Lipinski definition) is 2. The van der Waals surface area contributed by atoms with Gasteiger partial charge in [-0.05, 0) is 12.0 Å². The number of amidine groups is 1. The predicted octanol–water partition coefficient (Wildman–Crippen LogP) is 1.95. The van der Waals surface area contributed by atoms with Gasteiger partial charge in [0.05, 0.1) is 6.26 Å². The Bertz CT molecular complexity index is 842. The van der Waals surface area contributed by atoms with Gasteiger partial charge in [0.15, 0.2) is 5.17 Å². The highest BCUT2D eigenvalue weighted by Gasteiger charge is 2.47. The molecule has 0 saturated heterocycles. The third-order valence-corrected chi connectivity index (χ3v) is 6.21. The predicted molar refractivity (Wildman–Crippen MR) is 111 cm³/mol. The normalized spacial score (nSPS) is 19.4. The first-order valence-electron chi connectivity index (χ1n) is 9.06. The van der Waals surface area contributed by atoms with Crippen molar-refractivity contribution in [1.29, 1.82) is 0 Å². The molecular weight excluding hydrogens is 400 g/mol. The van der Waals surface area contributed by atoms with Crippen molar-refractivity contribution in [2.45, 2.75) is 44.4 Å². The summed E-state index contributed by atoms with van der Waals surface area (Å²) in [6, 6.07) is 9.27. The highest BCUT2D eigenvalue weighted by atomic mass is 32.2. The van der Waals surface area contributed by atoms with Crippen molar-refractivity contribution in [1.82, 2.24) is 15.0 Å². The number of hydrazone groups is 1. The Morgan fingerprint density at radius 3 is 2.50 bits per heavy atom. The van der Waals surface area contributed by atoms with Crippen molar-refractivity contribution in [3.8, 4) is 0 Å². The minimum atomic E-state index is -3.38. The van der Waals surface area contributed by atoms with Crippen LogP contribution in [-0.4, -0.2) is 43.2 Å². The third kappa shape index (κ3) is 5.79. The number of carbonyl (C=O) groups excluding carboxylic acids is 2. The van der Waals surface area contributed by atoms with Crippen LogP contribution in [0.2, 0.25) is 0 Å². The molecule has 10 heteroatoms. The molecule has 1 aliphatic rings. The first-order chi connectivity index (χ1) is 13.2. The van der Waals surface area contributed by atoms with Crippen LogP contribution in [0.15, 0.2) is 35.4 Å². The molecule has 1 aromatic rings. The first kappa shape index (κ1) is 22.4. The van der Waals surface area contributed by atoms with Crippen LogP contribution in [0.3, 0.4) is 0 Å². The molecule has 0 radical (unpaired) electrons. The smallest absolute Gasteiger partial charge is 0.241 e. The van der Waals surface area contributed by atoms with Crippen LogP contribution in [0.25, 0.3) is 0 Å². The molecule has 0 saturated carbocycles. The van der Waals surface area contributed by atoms with Gasteiger partial charge in [0.25, 0.3) is 0 Å². The van der Waals surface area contributed by atoms with Crippen LogP contribution >= 0.6 is 11.8 Å². The molecule has 2 amide bonds. The number of amides is 2. The molecule has 1 aromatic carbocycles. The fourth-order valence-electron chi connectivity index (χ4n) is 2.88. The zero-order valence-electron chi connectivity index (χ0n) is 16.3. The number of hydrogen-bond acceptors (Lipinski definition) is 6. The van der Waals surface area contributed by atoms with E-state index in [1.165, 1.54) is 23.7 Å². The summed E-state index contributed by atoms with van der Waals surface area (Å²) in [6.07, 6.45) is 3.42. The summed E-state index contributed by atoms with van der Waals surface area (Å²) in [4.78, 5) is 23.5. The lowest BCUT2D eigenvalue weighted by molar-refractivity contribution is -0.132. The molecule has 2 N–H and O–H groups in total. The fourth-order valence-corrected chi connectivity index (χ4v) is 4.67. The lowest BCUT2D eigenvalue weighted by atomic mass is 10.0. The van der Waals surface area contributed by atoms with E-state index in [0.29, 0.717) is 11.6 Å². The van der Waals surface area contributed by atoms with E-state index in [-0.39, 0.29) is 24.8 Å². The number of thioether (sulfide) groups is 1. The SMILES string of the molecule is CCCCC(=O)NC1=NN(C(C)=O)C(CCNS(C)(=O)=O)(c2ccccc2)S1. The summed E-state index contributed by atoms with van der Waals surface area (Å²) in [5.74, 6) is -0.455. The molecule has 154 valence electrons. The molecule has 0 spiro atoms. The van der Waals surface area contributed by atoms with Crippen molar-refractivity contribution in [3.63, 3.8) is 0 Å². The van der Waals surface area contributed by atoms with Crippen molar-refractivity contribution in [3.05, 3.63) is 35.9 Å². The third-order valence-electron chi connectivity index (χ3n) is 4.15. The Kier molecular flexibility index (Phi) is 7.62. The molecule has 1 unspecified atom stereocenters. The Hall–Kier alpha value is -1.91. The fraction of sp³-hybridized carbons (Fsp3) is 0.500. The molecule has 1 aliphatic heterocycles. The van der Waals surface area contributed by atoms with E-state index in [1.807, 2.05) is 37.3 Å². The van der Waals surface area contributed by atoms with Crippen LogP contribution in [0.4, 0.5) is 0 Å². The second kappa shape index (κ2) is 9.53. The first-order valence-corrected chi connectivity index (χ1v) is 11.8. The summed E-state index contributed by atoms with van der Waals surface area (Å²) in [5, 5.41) is 8.76. The van der Waals surface area contributed by atoms with Gasteiger partial charge in [0, 0.05) is 26.3 Å². The lowest BCUT2D eigenvalue weighted by Crippen LogP contribution is -2.43. The van der Waals surface area contributed by atoms with Gasteiger partial charge in [-0.15, -0.1) is 5.10 Å². The lowest BCUT2D eigenvalue weighted by Gasteiger charge is -2.35. The number of sulfonamides is 1. The molecular formula is C18H26N4O4S2. The van der Waals surface area contributed by atoms with Crippen LogP contribution in [0.5, 0.6) is 0 Å². The Balaban J connectivity index is 2.31. The Labute approximate surface area is 170 Å². The molecule has 2 rings (SSSR count). The van der Waals surface area contributed by atoms with Crippen LogP contribution < -0.4 is 10.0 Å². The van der Waals surface area contributed by atoms with E-state index in [0.717, 1.165) is 24.7 Å². The second-order valence-electron chi connectivity index (χ2n) is 6.56. The monoisotopic (exact) mass is 426 g/mol. The van der Waals surface area contributed by atoms with Gasteiger partial charge in [0.2, 0.25) is 21.8 Å². The summed E-state index contributed by atoms with van der Waals surface area (Å²) in [6.45, 7) is 3.52. The maximum absolute atomic E-state index is 12.4. The second-order valence-corrected chi connectivity index (χ2v) is 9.66. The van der Waals surface area contributed by atoms with Gasteiger partial charge in [-0.3, -0.25) is 9.59 Å². The average molecular weight is 427 g/mol. The van der Waals surface area contributed by atoms with E-state index < -0.39 is 14.9 Å². The van der Waals surface area contributed by atoms with Gasteiger partial charge in [0.1, 0.15) is 4.87 Å². The van der Waals surface area contributed by atoms with Crippen molar-refractivity contribution >= 4 is 38.8 Å². The quantitative estimate of drug-likeness (QED) is 0.661. The van der Waals surface area contributed by atoms with E-state index in [1.54, 1.807) is 0 Å². The van der Waals surface area contributed by atoms with Gasteiger partial charge in [-0.25, -0.2) is 18.1 Å². The van der Waals surface area contributed by atoms with Gasteiger partial charge in [-0.1, -0.05) is 55.4 Å². The number of unbranched alkanes of at least 4 members (excludes halogenated alkanes) is 1. The number of nitrogens with zero attached hydrogens (tertiary/aromatic N) is 2. The largest absolute Gasteiger partial charge is 0.304 e. The average Bonchev–Trinajstić information content (AvgIpc) is 2.99. The number of nitrogens with one attached hydrogen (secondary N) is 2. The van der Waals surface area contributed by atoms with Crippen molar-refractivity contribution < 1.29 is 18.0 Å². The van der Waals surface area contributed by atoms with E-state index >= 15 is 0 Å². The summed E-state index contributed by atoms with van der Waals surface area (Å²) in [5.41, 5.74) is 0.798. The summed E-state index contributed by atoms with van der Waals surface area (Å²) in [7, 11) is -3.38. The minimum absolute atomic E-state index is 0.122. The molecule has 0 aliphatic carbocycles. The molecule has 0 aromatic heterocycles. The summed E-state index contributed by atoms with van der Waals surface area (Å²) >= 11 is 1.25. The highest BCUT2D eigenvalue weighted by Crippen LogP contribution is 2.47. The number of carbonyl (C=O) groups is 2. The van der Waals surface area contributed by atoms with E-state index in [4.69, 9.17) is 0 Å². The zero-order valence-corrected chi connectivity index (χ0v) is 17.9. The molecule has 8 nitrogen and oxygen atoms in total.